The molecule has 27 heavy (non-hydrogen) atoms. The Morgan fingerprint density at radius 3 is 2.85 bits per heavy atom. The second-order valence-electron chi connectivity index (χ2n) is 6.02. The Bertz CT molecular complexity index is 1130. The number of H-pyrrole nitrogens is 1. The SMILES string of the molecule is COc1nccc(-c2cc3cnc(NC(=O)c4cc(C)n(C)n4)cc3[nH]2)n1. The number of aryl methyl sites for hydroxylation is 2. The van der Waals surface area contributed by atoms with Gasteiger partial charge < -0.3 is 15.0 Å². The summed E-state index contributed by atoms with van der Waals surface area (Å²) in [5, 5.41) is 7.84. The zero-order chi connectivity index (χ0) is 19.0. The van der Waals surface area contributed by atoms with Crippen LogP contribution in [-0.2, 0) is 7.05 Å². The van der Waals surface area contributed by atoms with E-state index < -0.39 is 0 Å². The van der Waals surface area contributed by atoms with Crippen LogP contribution in [0, 0.1) is 6.92 Å². The second kappa shape index (κ2) is 6.52. The monoisotopic (exact) mass is 363 g/mol. The van der Waals surface area contributed by atoms with Crippen LogP contribution >= 0.6 is 0 Å². The number of rotatable bonds is 4. The van der Waals surface area contributed by atoms with Crippen LogP contribution in [0.4, 0.5) is 5.82 Å². The van der Waals surface area contributed by atoms with Crippen LogP contribution < -0.4 is 10.1 Å². The van der Waals surface area contributed by atoms with E-state index in [4.69, 9.17) is 4.74 Å². The third kappa shape index (κ3) is 3.22. The fraction of sp³-hybridized carbons (Fsp3) is 0.167. The molecule has 0 aliphatic heterocycles. The van der Waals surface area contributed by atoms with E-state index >= 15 is 0 Å². The van der Waals surface area contributed by atoms with Crippen LogP contribution in [0.25, 0.3) is 22.3 Å². The highest BCUT2D eigenvalue weighted by molar-refractivity contribution is 6.03. The maximum absolute atomic E-state index is 12.3. The highest BCUT2D eigenvalue weighted by atomic mass is 16.5. The first kappa shape index (κ1) is 16.7. The zero-order valence-electron chi connectivity index (χ0n) is 15.0. The van der Waals surface area contributed by atoms with Crippen LogP contribution in [0.2, 0.25) is 0 Å². The van der Waals surface area contributed by atoms with E-state index in [0.29, 0.717) is 23.2 Å². The molecule has 0 spiro atoms. The van der Waals surface area contributed by atoms with Crippen molar-refractivity contribution < 1.29 is 9.53 Å². The number of pyridine rings is 1. The Morgan fingerprint density at radius 2 is 2.11 bits per heavy atom. The molecule has 0 saturated heterocycles. The fourth-order valence-corrected chi connectivity index (χ4v) is 2.67. The number of methoxy groups -OCH3 is 1. The summed E-state index contributed by atoms with van der Waals surface area (Å²) >= 11 is 0. The molecule has 0 saturated carbocycles. The highest BCUT2D eigenvalue weighted by Crippen LogP contribution is 2.24. The minimum atomic E-state index is -0.308. The van der Waals surface area contributed by atoms with Gasteiger partial charge in [-0.1, -0.05) is 0 Å². The number of carbonyl (C=O) groups excluding carboxylic acids is 1. The Morgan fingerprint density at radius 1 is 1.26 bits per heavy atom. The molecule has 4 heterocycles. The van der Waals surface area contributed by atoms with Gasteiger partial charge in [0, 0.05) is 36.6 Å². The summed E-state index contributed by atoms with van der Waals surface area (Å²) in [6, 6.07) is 7.50. The van der Waals surface area contributed by atoms with E-state index in [-0.39, 0.29) is 5.91 Å². The summed E-state index contributed by atoms with van der Waals surface area (Å²) in [7, 11) is 3.31. The quantitative estimate of drug-likeness (QED) is 0.576. The molecule has 0 atom stereocenters. The molecule has 0 aromatic carbocycles. The first-order valence-electron chi connectivity index (χ1n) is 8.21. The molecule has 136 valence electrons. The molecule has 4 aromatic rings. The van der Waals surface area contributed by atoms with Crippen LogP contribution in [0.5, 0.6) is 6.01 Å². The number of nitrogens with one attached hydrogen (secondary N) is 2. The largest absolute Gasteiger partial charge is 0.467 e. The van der Waals surface area contributed by atoms with E-state index in [1.807, 2.05) is 13.0 Å². The molecule has 1 amide bonds. The van der Waals surface area contributed by atoms with Crippen molar-refractivity contribution in [2.24, 2.45) is 7.05 Å². The molecule has 0 unspecified atom stereocenters. The van der Waals surface area contributed by atoms with Crippen molar-refractivity contribution in [3.05, 3.63) is 48.0 Å². The van der Waals surface area contributed by atoms with Gasteiger partial charge in [0.05, 0.1) is 24.0 Å². The van der Waals surface area contributed by atoms with E-state index in [1.54, 1.807) is 42.3 Å². The lowest BCUT2D eigenvalue weighted by Crippen LogP contribution is -2.13. The summed E-state index contributed by atoms with van der Waals surface area (Å²) in [4.78, 5) is 28.2. The lowest BCUT2D eigenvalue weighted by molar-refractivity contribution is 0.102. The van der Waals surface area contributed by atoms with Gasteiger partial charge in [-0.25, -0.2) is 9.97 Å². The lowest BCUT2D eigenvalue weighted by Gasteiger charge is -2.02. The number of amides is 1. The van der Waals surface area contributed by atoms with Crippen LogP contribution in [-0.4, -0.2) is 42.7 Å². The van der Waals surface area contributed by atoms with Gasteiger partial charge in [-0.15, -0.1) is 0 Å². The second-order valence-corrected chi connectivity index (χ2v) is 6.02. The molecular weight excluding hydrogens is 346 g/mol. The fourth-order valence-electron chi connectivity index (χ4n) is 2.67. The maximum atomic E-state index is 12.3. The van der Waals surface area contributed by atoms with Crippen molar-refractivity contribution in [3.8, 4) is 17.4 Å². The van der Waals surface area contributed by atoms with Gasteiger partial charge in [-0.3, -0.25) is 9.48 Å². The molecule has 9 heteroatoms. The zero-order valence-corrected chi connectivity index (χ0v) is 15.0. The van der Waals surface area contributed by atoms with Gasteiger partial charge in [-0.2, -0.15) is 10.1 Å². The smallest absolute Gasteiger partial charge is 0.316 e. The molecule has 0 radical (unpaired) electrons. The number of anilines is 1. The van der Waals surface area contributed by atoms with Crippen LogP contribution in [0.15, 0.2) is 36.7 Å². The number of nitrogens with zero attached hydrogens (tertiary/aromatic N) is 5. The van der Waals surface area contributed by atoms with Gasteiger partial charge in [0.1, 0.15) is 5.82 Å². The number of hydrogen-bond donors (Lipinski definition) is 2. The summed E-state index contributed by atoms with van der Waals surface area (Å²) in [5.41, 5.74) is 3.57. The first-order valence-corrected chi connectivity index (χ1v) is 8.21. The normalized spacial score (nSPS) is 10.9. The van der Waals surface area contributed by atoms with Crippen molar-refractivity contribution in [1.82, 2.24) is 29.7 Å². The molecule has 9 nitrogen and oxygen atoms in total. The van der Waals surface area contributed by atoms with Crippen LogP contribution in [0.1, 0.15) is 16.2 Å². The molecule has 0 aliphatic carbocycles. The summed E-state index contributed by atoms with van der Waals surface area (Å²) in [5.74, 6) is 0.127. The number of ether oxygens (including phenoxy) is 1. The van der Waals surface area contributed by atoms with Crippen LogP contribution in [0.3, 0.4) is 0 Å². The van der Waals surface area contributed by atoms with Gasteiger partial charge in [0.25, 0.3) is 5.91 Å². The van der Waals surface area contributed by atoms with Gasteiger partial charge in [-0.05, 0) is 25.1 Å². The highest BCUT2D eigenvalue weighted by Gasteiger charge is 2.13. The number of fused-ring (bicyclic) bond motifs is 1. The Kier molecular flexibility index (Phi) is 4.03. The predicted octanol–water partition coefficient (Wildman–Crippen LogP) is 2.32. The minimum absolute atomic E-state index is 0.294. The van der Waals surface area contributed by atoms with Gasteiger partial charge >= 0.3 is 6.01 Å². The predicted molar refractivity (Wildman–Crippen MR) is 99.6 cm³/mol. The molecule has 0 fully saturated rings. The molecular formula is C18H17N7O2. The van der Waals surface area contributed by atoms with E-state index in [1.165, 1.54) is 7.11 Å². The Hall–Kier alpha value is -3.75. The number of carbonyl (C=O) groups is 1. The minimum Gasteiger partial charge on any atom is -0.467 e. The maximum Gasteiger partial charge on any atom is 0.316 e. The van der Waals surface area contributed by atoms with E-state index in [2.05, 4.69) is 30.4 Å². The Labute approximate surface area is 154 Å². The average Bonchev–Trinajstić information content (AvgIpc) is 3.25. The number of hydrogen-bond acceptors (Lipinski definition) is 6. The third-order valence-electron chi connectivity index (χ3n) is 4.18. The Balaban J connectivity index is 1.61. The van der Waals surface area contributed by atoms with Crippen molar-refractivity contribution in [1.29, 1.82) is 0 Å². The summed E-state index contributed by atoms with van der Waals surface area (Å²) < 4.78 is 6.71. The average molecular weight is 363 g/mol. The van der Waals surface area contributed by atoms with Crippen molar-refractivity contribution in [3.63, 3.8) is 0 Å². The standard InChI is InChI=1S/C18H17N7O2/c1-10-6-15(24-25(10)2)17(26)23-16-8-13-11(9-20-16)7-14(21-13)12-4-5-19-18(22-12)27-3/h4-9,21H,1-3H3,(H,20,23,26). The molecule has 0 aliphatic rings. The van der Waals surface area contributed by atoms with E-state index in [9.17, 15) is 4.79 Å². The summed E-state index contributed by atoms with van der Waals surface area (Å²) in [6.45, 7) is 1.89. The lowest BCUT2D eigenvalue weighted by atomic mass is 10.2. The van der Waals surface area contributed by atoms with Crippen molar-refractivity contribution >= 4 is 22.6 Å². The van der Waals surface area contributed by atoms with Crippen molar-refractivity contribution in [2.45, 2.75) is 6.92 Å². The first-order chi connectivity index (χ1) is 13.0. The topological polar surface area (TPSA) is 111 Å². The molecule has 2 N–H and O–H groups in total. The molecule has 0 bridgehead atoms. The van der Waals surface area contributed by atoms with Gasteiger partial charge in [0.2, 0.25) is 0 Å². The number of aromatic amines is 1. The molecule has 4 aromatic heterocycles. The number of aromatic nitrogens is 6. The molecule has 4 rings (SSSR count). The van der Waals surface area contributed by atoms with Gasteiger partial charge in [0.15, 0.2) is 5.69 Å². The summed E-state index contributed by atoms with van der Waals surface area (Å²) in [6.07, 6.45) is 3.32. The van der Waals surface area contributed by atoms with E-state index in [0.717, 1.165) is 22.3 Å². The van der Waals surface area contributed by atoms with Crippen molar-refractivity contribution in [2.75, 3.05) is 12.4 Å². The third-order valence-corrected chi connectivity index (χ3v) is 4.18.